The molecule has 0 aliphatic heterocycles. The van der Waals surface area contributed by atoms with Gasteiger partial charge in [0.25, 0.3) is 0 Å². The number of aryl methyl sites for hydroxylation is 2. The Balaban J connectivity index is 1.84. The van der Waals surface area contributed by atoms with Crippen molar-refractivity contribution in [3.63, 3.8) is 0 Å². The number of hydrogen-bond donors (Lipinski definition) is 1. The Labute approximate surface area is 154 Å². The van der Waals surface area contributed by atoms with Crippen molar-refractivity contribution in [3.8, 4) is 16.9 Å². The van der Waals surface area contributed by atoms with Gasteiger partial charge in [0, 0.05) is 6.92 Å². The molecule has 4 nitrogen and oxygen atoms in total. The number of hydrogen-bond acceptors (Lipinski definition) is 4. The highest BCUT2D eigenvalue weighted by Gasteiger charge is 2.31. The molecule has 1 fully saturated rings. The number of carbonyl (C=O) groups excluding carboxylic acids is 1. The van der Waals surface area contributed by atoms with Crippen LogP contribution >= 0.6 is 0 Å². The van der Waals surface area contributed by atoms with E-state index in [4.69, 9.17) is 9.47 Å². The topological polar surface area (TPSA) is 55.8 Å². The molecule has 0 heterocycles. The molecule has 0 saturated heterocycles. The third-order valence-corrected chi connectivity index (χ3v) is 4.90. The summed E-state index contributed by atoms with van der Waals surface area (Å²) in [5.41, 5.74) is 5.40. The minimum atomic E-state index is -0.253. The van der Waals surface area contributed by atoms with Crippen molar-refractivity contribution in [1.82, 2.24) is 0 Å². The molecule has 3 rings (SSSR count). The zero-order valence-electron chi connectivity index (χ0n) is 15.6. The van der Waals surface area contributed by atoms with Crippen molar-refractivity contribution < 1.29 is 19.4 Å². The lowest BCUT2D eigenvalue weighted by atomic mass is 9.94. The predicted octanol–water partition coefficient (Wildman–Crippen LogP) is 4.33. The molecule has 0 bridgehead atoms. The maximum absolute atomic E-state index is 11.3. The molecule has 0 spiro atoms. The fourth-order valence-corrected chi connectivity index (χ4v) is 3.82. The highest BCUT2D eigenvalue weighted by Crippen LogP contribution is 2.34. The molecule has 2 unspecified atom stereocenters. The van der Waals surface area contributed by atoms with Gasteiger partial charge in [-0.2, -0.15) is 0 Å². The van der Waals surface area contributed by atoms with E-state index in [2.05, 4.69) is 19.9 Å². The first-order valence-electron chi connectivity index (χ1n) is 9.13. The van der Waals surface area contributed by atoms with Crippen LogP contribution in [0.3, 0.4) is 0 Å². The predicted molar refractivity (Wildman–Crippen MR) is 101 cm³/mol. The lowest BCUT2D eigenvalue weighted by Gasteiger charge is -2.22. The molecule has 1 aliphatic rings. The van der Waals surface area contributed by atoms with Crippen LogP contribution in [0, 0.1) is 13.8 Å². The van der Waals surface area contributed by atoms with Crippen molar-refractivity contribution in [3.05, 3.63) is 53.1 Å². The molecular weight excluding hydrogens is 328 g/mol. The average molecular weight is 354 g/mol. The van der Waals surface area contributed by atoms with Gasteiger partial charge in [-0.1, -0.05) is 18.2 Å². The van der Waals surface area contributed by atoms with Crippen molar-refractivity contribution in [2.45, 2.75) is 58.8 Å². The second kappa shape index (κ2) is 7.92. The van der Waals surface area contributed by atoms with Crippen LogP contribution in [-0.4, -0.2) is 23.3 Å². The lowest BCUT2D eigenvalue weighted by molar-refractivity contribution is -0.149. The highest BCUT2D eigenvalue weighted by atomic mass is 16.6. The molecular formula is C22H26O4. The largest absolute Gasteiger partial charge is 0.487 e. The molecule has 0 radical (unpaired) electrons. The van der Waals surface area contributed by atoms with Gasteiger partial charge in [-0.25, -0.2) is 0 Å². The first-order chi connectivity index (χ1) is 12.5. The summed E-state index contributed by atoms with van der Waals surface area (Å²) in [6, 6.07) is 12.0. The van der Waals surface area contributed by atoms with Crippen molar-refractivity contribution >= 4 is 5.97 Å². The maximum atomic E-state index is 11.3. The summed E-state index contributed by atoms with van der Waals surface area (Å²) in [7, 11) is 0. The molecule has 2 aromatic carbocycles. The first-order valence-corrected chi connectivity index (χ1v) is 9.13. The fourth-order valence-electron chi connectivity index (χ4n) is 3.82. The Hall–Kier alpha value is -2.33. The fraction of sp³-hybridized carbons (Fsp3) is 0.409. The third kappa shape index (κ3) is 4.07. The van der Waals surface area contributed by atoms with E-state index >= 15 is 0 Å². The Bertz CT molecular complexity index is 773. The van der Waals surface area contributed by atoms with Gasteiger partial charge >= 0.3 is 5.97 Å². The van der Waals surface area contributed by atoms with Gasteiger partial charge in [0.2, 0.25) is 0 Å². The Kier molecular flexibility index (Phi) is 5.62. The lowest BCUT2D eigenvalue weighted by Crippen LogP contribution is -2.30. The molecule has 4 heteroatoms. The standard InChI is InChI=1S/C22H26O4/c1-14-10-19(26-21-9-5-8-20(21)25-16(3)24)11-15(2)22(14)18-7-4-6-17(12-18)13-23/h4,6-7,10-12,20-21,23H,5,8-9,13H2,1-3H3. The van der Waals surface area contributed by atoms with E-state index in [9.17, 15) is 9.90 Å². The molecule has 1 saturated carbocycles. The average Bonchev–Trinajstić information content (AvgIpc) is 3.00. The molecule has 0 amide bonds. The van der Waals surface area contributed by atoms with Gasteiger partial charge in [0.15, 0.2) is 0 Å². The number of benzene rings is 2. The van der Waals surface area contributed by atoms with Crippen molar-refractivity contribution in [2.75, 3.05) is 0 Å². The summed E-state index contributed by atoms with van der Waals surface area (Å²) in [4.78, 5) is 11.3. The van der Waals surface area contributed by atoms with Gasteiger partial charge < -0.3 is 14.6 Å². The summed E-state index contributed by atoms with van der Waals surface area (Å²) in [6.07, 6.45) is 2.52. The Morgan fingerprint density at radius 1 is 1.12 bits per heavy atom. The normalized spacial score (nSPS) is 19.4. The number of aliphatic hydroxyl groups excluding tert-OH is 1. The minimum absolute atomic E-state index is 0.0341. The van der Waals surface area contributed by atoms with Crippen LogP contribution < -0.4 is 4.74 Å². The highest BCUT2D eigenvalue weighted by molar-refractivity contribution is 5.72. The van der Waals surface area contributed by atoms with E-state index in [1.807, 2.05) is 30.3 Å². The van der Waals surface area contributed by atoms with Crippen molar-refractivity contribution in [2.24, 2.45) is 0 Å². The molecule has 26 heavy (non-hydrogen) atoms. The van der Waals surface area contributed by atoms with Crippen LogP contribution in [0.15, 0.2) is 36.4 Å². The molecule has 0 aromatic heterocycles. The summed E-state index contributed by atoms with van der Waals surface area (Å²) >= 11 is 0. The van der Waals surface area contributed by atoms with E-state index in [-0.39, 0.29) is 24.8 Å². The number of aliphatic hydroxyl groups is 1. The monoisotopic (exact) mass is 354 g/mol. The Morgan fingerprint density at radius 2 is 1.81 bits per heavy atom. The summed E-state index contributed by atoms with van der Waals surface area (Å²) in [5.74, 6) is 0.558. The smallest absolute Gasteiger partial charge is 0.303 e. The zero-order chi connectivity index (χ0) is 18.7. The number of esters is 1. The van der Waals surface area contributed by atoms with E-state index in [1.54, 1.807) is 0 Å². The van der Waals surface area contributed by atoms with Crippen LogP contribution in [-0.2, 0) is 16.1 Å². The van der Waals surface area contributed by atoms with E-state index < -0.39 is 0 Å². The maximum Gasteiger partial charge on any atom is 0.303 e. The summed E-state index contributed by atoms with van der Waals surface area (Å²) < 4.78 is 11.6. The molecule has 1 N–H and O–H groups in total. The van der Waals surface area contributed by atoms with Crippen LogP contribution in [0.25, 0.3) is 11.1 Å². The van der Waals surface area contributed by atoms with Crippen LogP contribution in [0.5, 0.6) is 5.75 Å². The SMILES string of the molecule is CC(=O)OC1CCCC1Oc1cc(C)c(-c2cccc(CO)c2)c(C)c1. The van der Waals surface area contributed by atoms with Gasteiger partial charge in [-0.05, 0) is 79.1 Å². The van der Waals surface area contributed by atoms with E-state index in [0.29, 0.717) is 0 Å². The quantitative estimate of drug-likeness (QED) is 0.812. The van der Waals surface area contributed by atoms with Crippen LogP contribution in [0.2, 0.25) is 0 Å². The van der Waals surface area contributed by atoms with Gasteiger partial charge in [-0.3, -0.25) is 4.79 Å². The number of ether oxygens (including phenoxy) is 2. The van der Waals surface area contributed by atoms with Gasteiger partial charge in [0.05, 0.1) is 6.61 Å². The second-order valence-corrected chi connectivity index (χ2v) is 7.03. The van der Waals surface area contributed by atoms with E-state index in [1.165, 1.54) is 6.92 Å². The Morgan fingerprint density at radius 3 is 2.46 bits per heavy atom. The van der Waals surface area contributed by atoms with Gasteiger partial charge in [-0.15, -0.1) is 0 Å². The molecule has 1 aliphatic carbocycles. The number of rotatable bonds is 5. The van der Waals surface area contributed by atoms with Crippen molar-refractivity contribution in [1.29, 1.82) is 0 Å². The third-order valence-electron chi connectivity index (χ3n) is 4.90. The van der Waals surface area contributed by atoms with Gasteiger partial charge in [0.1, 0.15) is 18.0 Å². The molecule has 2 atom stereocenters. The summed E-state index contributed by atoms with van der Waals surface area (Å²) in [5, 5.41) is 9.38. The summed E-state index contributed by atoms with van der Waals surface area (Å²) in [6.45, 7) is 5.61. The first kappa shape index (κ1) is 18.5. The molecule has 2 aromatic rings. The second-order valence-electron chi connectivity index (χ2n) is 7.03. The molecule has 138 valence electrons. The number of carbonyl (C=O) groups is 1. The van der Waals surface area contributed by atoms with Crippen LogP contribution in [0.1, 0.15) is 42.9 Å². The zero-order valence-corrected chi connectivity index (χ0v) is 15.6. The van der Waals surface area contributed by atoms with Crippen LogP contribution in [0.4, 0.5) is 0 Å². The minimum Gasteiger partial charge on any atom is -0.487 e. The van der Waals surface area contributed by atoms with E-state index in [0.717, 1.165) is 52.8 Å².